The lowest BCUT2D eigenvalue weighted by Gasteiger charge is -2.27. The Labute approximate surface area is 66.5 Å². The molecule has 1 fully saturated rings. The monoisotopic (exact) mass is 158 g/mol. The number of rotatable bonds is 0. The summed E-state index contributed by atoms with van der Waals surface area (Å²) in [7, 11) is 0. The number of nitrogens with zero attached hydrogens (tertiary/aromatic N) is 1. The first kappa shape index (κ1) is 7.92. The second-order valence-electron chi connectivity index (χ2n) is 2.56. The van der Waals surface area contributed by atoms with Gasteiger partial charge in [-0.2, -0.15) is 0 Å². The molecule has 3 heteroatoms. The molecule has 0 aliphatic carbocycles. The van der Waals surface area contributed by atoms with E-state index in [1.165, 1.54) is 19.3 Å². The van der Waals surface area contributed by atoms with Crippen LogP contribution in [0.3, 0.4) is 0 Å². The van der Waals surface area contributed by atoms with E-state index in [0.717, 1.165) is 18.3 Å². The number of thioether (sulfide) groups is 1. The maximum Gasteiger partial charge on any atom is 0.156 e. The average molecular weight is 158 g/mol. The van der Waals surface area contributed by atoms with Gasteiger partial charge in [0.25, 0.3) is 0 Å². The minimum absolute atomic E-state index is 0.736. The van der Waals surface area contributed by atoms with Crippen molar-refractivity contribution in [3.8, 4) is 0 Å². The molecule has 1 aliphatic heterocycles. The summed E-state index contributed by atoms with van der Waals surface area (Å²) in [6.45, 7) is 2.19. The molecule has 1 saturated heterocycles. The Balaban J connectivity index is 2.31. The van der Waals surface area contributed by atoms with Crippen molar-refractivity contribution in [3.63, 3.8) is 0 Å². The van der Waals surface area contributed by atoms with Crippen LogP contribution in [0.5, 0.6) is 0 Å². The zero-order valence-corrected chi connectivity index (χ0v) is 7.21. The summed E-state index contributed by atoms with van der Waals surface area (Å²) in [6.07, 6.45) is 5.85. The van der Waals surface area contributed by atoms with Crippen molar-refractivity contribution in [3.05, 3.63) is 0 Å². The molecule has 0 unspecified atom stereocenters. The highest BCUT2D eigenvalue weighted by Gasteiger charge is 2.11. The first-order valence-corrected chi connectivity index (χ1v) is 4.94. The average Bonchev–Trinajstić information content (AvgIpc) is 2.05. The molecule has 0 spiro atoms. The number of hydrogen-bond donors (Lipinski definition) is 1. The van der Waals surface area contributed by atoms with Crippen LogP contribution in [-0.4, -0.2) is 29.4 Å². The third-order valence-electron chi connectivity index (χ3n) is 1.84. The third kappa shape index (κ3) is 1.90. The van der Waals surface area contributed by atoms with Gasteiger partial charge in [-0.1, -0.05) is 11.8 Å². The fourth-order valence-electron chi connectivity index (χ4n) is 1.23. The van der Waals surface area contributed by atoms with Crippen molar-refractivity contribution in [2.75, 3.05) is 19.3 Å². The third-order valence-corrected chi connectivity index (χ3v) is 2.48. The van der Waals surface area contributed by atoms with Gasteiger partial charge < -0.3 is 4.90 Å². The number of amidine groups is 1. The zero-order chi connectivity index (χ0) is 7.40. The lowest BCUT2D eigenvalue weighted by Crippen LogP contribution is -2.33. The molecule has 0 saturated carbocycles. The Morgan fingerprint density at radius 2 is 1.90 bits per heavy atom. The lowest BCUT2D eigenvalue weighted by molar-refractivity contribution is 0.346. The van der Waals surface area contributed by atoms with Crippen LogP contribution in [0.4, 0.5) is 0 Å². The summed E-state index contributed by atoms with van der Waals surface area (Å²) >= 11 is 1.54. The topological polar surface area (TPSA) is 27.1 Å². The smallest absolute Gasteiger partial charge is 0.156 e. The summed E-state index contributed by atoms with van der Waals surface area (Å²) < 4.78 is 0. The van der Waals surface area contributed by atoms with Crippen molar-refractivity contribution in [2.45, 2.75) is 19.3 Å². The minimum Gasteiger partial charge on any atom is -0.352 e. The highest BCUT2D eigenvalue weighted by molar-refractivity contribution is 8.13. The van der Waals surface area contributed by atoms with Crippen molar-refractivity contribution in [2.24, 2.45) is 0 Å². The molecule has 1 heterocycles. The molecule has 0 aromatic rings. The standard InChI is InChI=1S/C7H14N2S/c1-10-7(8)9-5-3-2-4-6-9/h8H,2-6H2,1H3. The Hall–Kier alpha value is -0.180. The second-order valence-corrected chi connectivity index (χ2v) is 3.35. The van der Waals surface area contributed by atoms with Crippen molar-refractivity contribution in [1.82, 2.24) is 4.90 Å². The number of nitrogens with one attached hydrogen (secondary N) is 1. The number of hydrogen-bond acceptors (Lipinski definition) is 2. The van der Waals surface area contributed by atoms with Gasteiger partial charge in [-0.25, -0.2) is 0 Å². The zero-order valence-electron chi connectivity index (χ0n) is 6.39. The Morgan fingerprint density at radius 1 is 1.30 bits per heavy atom. The van der Waals surface area contributed by atoms with Crippen molar-refractivity contribution in [1.29, 1.82) is 5.41 Å². The Kier molecular flexibility index (Phi) is 3.06. The van der Waals surface area contributed by atoms with Gasteiger partial charge in [-0.15, -0.1) is 0 Å². The summed E-state index contributed by atoms with van der Waals surface area (Å²) in [5.74, 6) is 0. The van der Waals surface area contributed by atoms with Gasteiger partial charge in [0.15, 0.2) is 5.17 Å². The van der Waals surface area contributed by atoms with E-state index in [4.69, 9.17) is 5.41 Å². The van der Waals surface area contributed by atoms with E-state index in [9.17, 15) is 0 Å². The molecular formula is C7H14N2S. The predicted octanol–water partition coefficient (Wildman–Crippen LogP) is 1.77. The fraction of sp³-hybridized carbons (Fsp3) is 0.857. The van der Waals surface area contributed by atoms with E-state index >= 15 is 0 Å². The van der Waals surface area contributed by atoms with E-state index in [1.807, 2.05) is 6.26 Å². The maximum absolute atomic E-state index is 7.52. The highest BCUT2D eigenvalue weighted by atomic mass is 32.2. The van der Waals surface area contributed by atoms with E-state index in [-0.39, 0.29) is 0 Å². The molecule has 0 atom stereocenters. The largest absolute Gasteiger partial charge is 0.352 e. The van der Waals surface area contributed by atoms with Crippen molar-refractivity contribution >= 4 is 16.9 Å². The molecule has 1 rings (SSSR count). The van der Waals surface area contributed by atoms with Gasteiger partial charge >= 0.3 is 0 Å². The SMILES string of the molecule is CSC(=N)N1CCCCC1. The van der Waals surface area contributed by atoms with Gasteiger partial charge in [-0.05, 0) is 25.5 Å². The first-order valence-electron chi connectivity index (χ1n) is 3.72. The molecule has 1 N–H and O–H groups in total. The molecule has 0 amide bonds. The molecule has 0 aromatic carbocycles. The van der Waals surface area contributed by atoms with Gasteiger partial charge in [0.05, 0.1) is 0 Å². The number of piperidine rings is 1. The summed E-state index contributed by atoms with van der Waals surface area (Å²) in [5, 5.41) is 8.26. The van der Waals surface area contributed by atoms with Gasteiger partial charge in [-0.3, -0.25) is 5.41 Å². The van der Waals surface area contributed by atoms with Crippen LogP contribution in [0.25, 0.3) is 0 Å². The van der Waals surface area contributed by atoms with Crippen LogP contribution in [0, 0.1) is 5.41 Å². The quantitative estimate of drug-likeness (QED) is 0.429. The summed E-state index contributed by atoms with van der Waals surface area (Å²) in [5.41, 5.74) is 0. The van der Waals surface area contributed by atoms with Gasteiger partial charge in [0.2, 0.25) is 0 Å². The molecular weight excluding hydrogens is 144 g/mol. The molecule has 58 valence electrons. The van der Waals surface area contributed by atoms with Gasteiger partial charge in [0, 0.05) is 13.1 Å². The van der Waals surface area contributed by atoms with Crippen LogP contribution in [0.15, 0.2) is 0 Å². The molecule has 2 nitrogen and oxygen atoms in total. The predicted molar refractivity (Wildman–Crippen MR) is 46.7 cm³/mol. The van der Waals surface area contributed by atoms with Crippen LogP contribution >= 0.6 is 11.8 Å². The van der Waals surface area contributed by atoms with Gasteiger partial charge in [0.1, 0.15) is 0 Å². The molecule has 0 aromatic heterocycles. The van der Waals surface area contributed by atoms with Crippen LogP contribution < -0.4 is 0 Å². The fourth-order valence-corrected chi connectivity index (χ4v) is 1.67. The number of likely N-dealkylation sites (tertiary alicyclic amines) is 1. The van der Waals surface area contributed by atoms with E-state index < -0.39 is 0 Å². The Morgan fingerprint density at radius 3 is 2.40 bits per heavy atom. The first-order chi connectivity index (χ1) is 4.84. The molecule has 0 bridgehead atoms. The normalized spacial score (nSPS) is 19.1. The second kappa shape index (κ2) is 3.86. The molecule has 1 aliphatic rings. The van der Waals surface area contributed by atoms with Crippen molar-refractivity contribution < 1.29 is 0 Å². The highest BCUT2D eigenvalue weighted by Crippen LogP contribution is 2.12. The molecule has 10 heavy (non-hydrogen) atoms. The van der Waals surface area contributed by atoms with E-state index in [0.29, 0.717) is 0 Å². The van der Waals surface area contributed by atoms with E-state index in [2.05, 4.69) is 4.90 Å². The van der Waals surface area contributed by atoms with Crippen LogP contribution in [0.2, 0.25) is 0 Å². The molecule has 0 radical (unpaired) electrons. The van der Waals surface area contributed by atoms with E-state index in [1.54, 1.807) is 11.8 Å². The summed E-state index contributed by atoms with van der Waals surface area (Å²) in [6, 6.07) is 0. The lowest BCUT2D eigenvalue weighted by atomic mass is 10.1. The van der Waals surface area contributed by atoms with Crippen LogP contribution in [0.1, 0.15) is 19.3 Å². The summed E-state index contributed by atoms with van der Waals surface area (Å²) in [4.78, 5) is 2.16. The minimum atomic E-state index is 0.736. The Bertz CT molecular complexity index is 119. The van der Waals surface area contributed by atoms with Crippen LogP contribution in [-0.2, 0) is 0 Å². The maximum atomic E-state index is 7.52.